The summed E-state index contributed by atoms with van der Waals surface area (Å²) in [7, 11) is -0.557. The van der Waals surface area contributed by atoms with Crippen LogP contribution in [0.2, 0.25) is 0 Å². The van der Waals surface area contributed by atoms with Crippen molar-refractivity contribution in [2.75, 3.05) is 47.0 Å². The molecule has 1 aromatic carbocycles. The molecule has 0 N–H and O–H groups in total. The summed E-state index contributed by atoms with van der Waals surface area (Å²) >= 11 is 0. The Labute approximate surface area is 253 Å². The molecule has 43 heavy (non-hydrogen) atoms. The molecule has 1 aromatic heterocycles. The van der Waals surface area contributed by atoms with Crippen molar-refractivity contribution in [1.82, 2.24) is 18.7 Å². The van der Waals surface area contributed by atoms with Crippen molar-refractivity contribution in [1.29, 1.82) is 0 Å². The Hall–Kier alpha value is -2.54. The molecule has 12 heteroatoms. The number of alkyl halides is 2. The molecule has 9 nitrogen and oxygen atoms in total. The van der Waals surface area contributed by atoms with Gasteiger partial charge in [-0.15, -0.1) is 0 Å². The minimum atomic E-state index is -3.89. The van der Waals surface area contributed by atoms with Gasteiger partial charge >= 0.3 is 0 Å². The van der Waals surface area contributed by atoms with E-state index >= 15 is 0 Å². The Balaban J connectivity index is 1.24. The molecule has 0 radical (unpaired) electrons. The number of likely N-dealkylation sites (tertiary alicyclic amines) is 1. The average Bonchev–Trinajstić information content (AvgIpc) is 3.45. The third kappa shape index (κ3) is 6.77. The van der Waals surface area contributed by atoms with Gasteiger partial charge < -0.3 is 18.9 Å². The van der Waals surface area contributed by atoms with Gasteiger partial charge in [0.1, 0.15) is 12.4 Å². The monoisotopic (exact) mass is 622 g/mol. The number of rotatable bonds is 9. The Bertz CT molecular complexity index is 1380. The van der Waals surface area contributed by atoms with Gasteiger partial charge in [-0.05, 0) is 74.9 Å². The molecule has 0 spiro atoms. The maximum atomic E-state index is 14.1. The number of methoxy groups -OCH3 is 1. The zero-order valence-electron chi connectivity index (χ0n) is 25.6. The summed E-state index contributed by atoms with van der Waals surface area (Å²) in [6.45, 7) is 4.99. The fourth-order valence-electron chi connectivity index (χ4n) is 7.05. The molecule has 1 unspecified atom stereocenters. The van der Waals surface area contributed by atoms with Crippen molar-refractivity contribution < 1.29 is 31.5 Å². The number of benzene rings is 1. The van der Waals surface area contributed by atoms with Gasteiger partial charge in [0, 0.05) is 70.0 Å². The van der Waals surface area contributed by atoms with Crippen molar-refractivity contribution in [2.24, 2.45) is 0 Å². The third-order valence-electron chi connectivity index (χ3n) is 9.46. The molecule has 0 bridgehead atoms. The Morgan fingerprint density at radius 1 is 1.09 bits per heavy atom. The first-order valence-electron chi connectivity index (χ1n) is 15.2. The molecule has 1 aliphatic carbocycles. The van der Waals surface area contributed by atoms with E-state index in [0.717, 1.165) is 31.4 Å². The van der Waals surface area contributed by atoms with Crippen molar-refractivity contribution in [2.45, 2.75) is 87.9 Å². The van der Waals surface area contributed by atoms with Crippen molar-refractivity contribution >= 4 is 15.9 Å². The smallest absolute Gasteiger partial charge is 0.250 e. The maximum absolute atomic E-state index is 14.1. The van der Waals surface area contributed by atoms with Crippen LogP contribution in [-0.4, -0.2) is 98.0 Å². The average molecular weight is 623 g/mol. The fraction of sp³-hybridized carbons (Fsp3) is 0.645. The van der Waals surface area contributed by atoms with Crippen LogP contribution >= 0.6 is 0 Å². The molecule has 2 aliphatic heterocycles. The van der Waals surface area contributed by atoms with E-state index in [-0.39, 0.29) is 55.5 Å². The highest BCUT2D eigenvalue weighted by Crippen LogP contribution is 2.36. The van der Waals surface area contributed by atoms with Crippen LogP contribution in [0.1, 0.15) is 61.4 Å². The number of carbonyl (C=O) groups excluding carboxylic acids is 1. The second kappa shape index (κ2) is 12.8. The number of aromatic nitrogens is 1. The predicted octanol–water partition coefficient (Wildman–Crippen LogP) is 4.38. The lowest BCUT2D eigenvalue weighted by Crippen LogP contribution is -2.50. The lowest BCUT2D eigenvalue weighted by Gasteiger charge is -2.43. The normalized spacial score (nSPS) is 24.8. The number of amides is 1. The van der Waals surface area contributed by atoms with Gasteiger partial charge in [0.2, 0.25) is 15.9 Å². The minimum Gasteiger partial charge on any atom is -0.497 e. The molecule has 1 saturated heterocycles. The molecule has 238 valence electrons. The van der Waals surface area contributed by atoms with Crippen LogP contribution in [0.25, 0.3) is 0 Å². The number of hydrogen-bond acceptors (Lipinski definition) is 6. The van der Waals surface area contributed by atoms with Crippen molar-refractivity contribution in [3.63, 3.8) is 0 Å². The number of ether oxygens (including phenoxy) is 2. The van der Waals surface area contributed by atoms with Gasteiger partial charge in [0.15, 0.2) is 0 Å². The van der Waals surface area contributed by atoms with Crippen LogP contribution in [0.4, 0.5) is 8.78 Å². The fourth-order valence-corrected chi connectivity index (χ4v) is 9.05. The lowest BCUT2D eigenvalue weighted by atomic mass is 9.88. The second-order valence-electron chi connectivity index (χ2n) is 12.2. The molecular weight excluding hydrogens is 578 g/mol. The predicted molar refractivity (Wildman–Crippen MR) is 159 cm³/mol. The number of fused-ring (bicyclic) bond motifs is 1. The first-order valence-corrected chi connectivity index (χ1v) is 16.6. The van der Waals surface area contributed by atoms with Crippen LogP contribution in [0, 0.1) is 13.8 Å². The van der Waals surface area contributed by atoms with Gasteiger partial charge in [0.05, 0.1) is 24.7 Å². The number of hydrogen-bond donors (Lipinski definition) is 0. The zero-order valence-corrected chi connectivity index (χ0v) is 26.4. The molecule has 1 saturated carbocycles. The number of nitrogens with zero attached hydrogens (tertiary/aromatic N) is 4. The number of halogens is 2. The minimum absolute atomic E-state index is 0.0158. The molecule has 1 amide bonds. The van der Waals surface area contributed by atoms with Crippen LogP contribution in [0.5, 0.6) is 5.75 Å². The third-order valence-corrected chi connectivity index (χ3v) is 11.7. The molecule has 5 rings (SSSR count). The topological polar surface area (TPSA) is 84.3 Å². The van der Waals surface area contributed by atoms with E-state index in [1.807, 2.05) is 22.9 Å². The van der Waals surface area contributed by atoms with Crippen LogP contribution in [-0.2, 0) is 26.1 Å². The number of carbonyl (C=O) groups is 1. The van der Waals surface area contributed by atoms with E-state index in [4.69, 9.17) is 9.47 Å². The lowest BCUT2D eigenvalue weighted by molar-refractivity contribution is -0.138. The largest absolute Gasteiger partial charge is 0.497 e. The van der Waals surface area contributed by atoms with E-state index in [0.29, 0.717) is 36.5 Å². The summed E-state index contributed by atoms with van der Waals surface area (Å²) in [5.41, 5.74) is 2.04. The summed E-state index contributed by atoms with van der Waals surface area (Å²) in [5, 5.41) is 0. The number of piperidine rings is 1. The molecule has 3 atom stereocenters. The Morgan fingerprint density at radius 3 is 2.47 bits per heavy atom. The first kappa shape index (κ1) is 31.9. The number of likely N-dealkylation sites (N-methyl/N-ethyl adjacent to an activating group) is 1. The number of sulfonamides is 1. The molecular formula is C31H44F2N4O5S. The molecule has 3 aliphatic rings. The summed E-state index contributed by atoms with van der Waals surface area (Å²) in [5.74, 6) is -2.14. The van der Waals surface area contributed by atoms with E-state index < -0.39 is 22.0 Å². The van der Waals surface area contributed by atoms with Gasteiger partial charge in [-0.25, -0.2) is 17.2 Å². The van der Waals surface area contributed by atoms with Crippen molar-refractivity contribution in [3.8, 4) is 5.75 Å². The highest BCUT2D eigenvalue weighted by atomic mass is 32.2. The van der Waals surface area contributed by atoms with Gasteiger partial charge in [0.25, 0.3) is 5.92 Å². The quantitative estimate of drug-likeness (QED) is 0.413. The standard InChI is InChI=1S/C31H44F2N4O5S/c1-22-17-26(41-4)18-23(2)30(22)43(39,40)37-16-15-36-12-6-9-27(36)28(37)20-42-21-29(38)34(3)24-7-5-8-25(19-24)35-13-10-31(32,33)11-14-35/h6,9,12,17-18,24-25,28H,5,7-8,10-11,13-16,19-21H2,1-4H3/t24-,25+,28?/m0/s1. The van der Waals surface area contributed by atoms with E-state index in [1.54, 1.807) is 45.0 Å². The van der Waals surface area contributed by atoms with Gasteiger partial charge in [-0.2, -0.15) is 4.31 Å². The SMILES string of the molecule is COc1cc(C)c(S(=O)(=O)N2CCn3cccc3C2COCC(=O)N(C)[C@H]2CCC[C@@H](N3CCC(F)(F)CC3)C2)c(C)c1. The van der Waals surface area contributed by atoms with Gasteiger partial charge in [-0.1, -0.05) is 0 Å². The van der Waals surface area contributed by atoms with Gasteiger partial charge in [-0.3, -0.25) is 9.69 Å². The highest BCUT2D eigenvalue weighted by molar-refractivity contribution is 7.89. The summed E-state index contributed by atoms with van der Waals surface area (Å²) in [6, 6.07) is 6.86. The van der Waals surface area contributed by atoms with Crippen LogP contribution in [0.15, 0.2) is 35.4 Å². The maximum Gasteiger partial charge on any atom is 0.250 e. The highest BCUT2D eigenvalue weighted by Gasteiger charge is 2.40. The number of aryl methyl sites for hydroxylation is 2. The van der Waals surface area contributed by atoms with E-state index in [1.165, 1.54) is 4.31 Å². The summed E-state index contributed by atoms with van der Waals surface area (Å²) < 4.78 is 70.3. The molecule has 3 heterocycles. The van der Waals surface area contributed by atoms with Crippen molar-refractivity contribution in [3.05, 3.63) is 47.3 Å². The molecule has 2 fully saturated rings. The summed E-state index contributed by atoms with van der Waals surface area (Å²) in [6.07, 6.45) is 5.24. The Morgan fingerprint density at radius 2 is 1.79 bits per heavy atom. The van der Waals surface area contributed by atoms with Crippen LogP contribution < -0.4 is 4.74 Å². The first-order chi connectivity index (χ1) is 20.4. The van der Waals surface area contributed by atoms with E-state index in [2.05, 4.69) is 4.90 Å². The second-order valence-corrected chi connectivity index (χ2v) is 14.1. The Kier molecular flexibility index (Phi) is 9.51. The zero-order chi connectivity index (χ0) is 30.9. The summed E-state index contributed by atoms with van der Waals surface area (Å²) in [4.78, 5) is 17.4. The molecule has 2 aromatic rings. The van der Waals surface area contributed by atoms with Crippen LogP contribution in [0.3, 0.4) is 0 Å². The van der Waals surface area contributed by atoms with E-state index in [9.17, 15) is 22.0 Å².